The van der Waals surface area contributed by atoms with E-state index >= 15 is 0 Å². The fourth-order valence-electron chi connectivity index (χ4n) is 3.92. The topological polar surface area (TPSA) is 112 Å². The van der Waals surface area contributed by atoms with Gasteiger partial charge in [-0.15, -0.1) is 0 Å². The number of rotatable bonds is 9. The van der Waals surface area contributed by atoms with E-state index in [9.17, 15) is 9.59 Å². The molecule has 184 valence electrons. The summed E-state index contributed by atoms with van der Waals surface area (Å²) >= 11 is 0. The minimum absolute atomic E-state index is 0.127. The van der Waals surface area contributed by atoms with Gasteiger partial charge in [0, 0.05) is 12.2 Å². The Morgan fingerprint density at radius 1 is 1.14 bits per heavy atom. The summed E-state index contributed by atoms with van der Waals surface area (Å²) in [5, 5.41) is 5.80. The predicted octanol–water partition coefficient (Wildman–Crippen LogP) is 3.64. The number of carbonyl (C=O) groups excluding carboxylic acids is 2. The third-order valence-electron chi connectivity index (χ3n) is 5.82. The zero-order valence-electron chi connectivity index (χ0n) is 20.1. The molecule has 1 fully saturated rings. The maximum atomic E-state index is 12.6. The van der Waals surface area contributed by atoms with E-state index in [1.807, 2.05) is 18.2 Å². The molecule has 1 saturated heterocycles. The lowest BCUT2D eigenvalue weighted by molar-refractivity contribution is -0.124. The molecule has 2 N–H and O–H groups in total. The molecular formula is C26H29N3O6. The second kappa shape index (κ2) is 11.1. The van der Waals surface area contributed by atoms with Crippen LogP contribution >= 0.6 is 0 Å². The number of nitrogens with zero attached hydrogens (tertiary/aromatic N) is 1. The molecule has 0 unspecified atom stereocenters. The van der Waals surface area contributed by atoms with Crippen LogP contribution in [0.2, 0.25) is 0 Å². The number of hydrogen-bond acceptors (Lipinski definition) is 7. The molecule has 0 saturated carbocycles. The quantitative estimate of drug-likeness (QED) is 0.482. The number of para-hydroxylation sites is 1. The Balaban J connectivity index is 1.43. The van der Waals surface area contributed by atoms with Crippen molar-refractivity contribution < 1.29 is 28.2 Å². The molecule has 2 heterocycles. The zero-order valence-corrected chi connectivity index (χ0v) is 20.1. The normalized spacial score (nSPS) is 15.0. The standard InChI is InChI=1S/C26H29N3O6/c1-16-21(15-27-24(30)14-17-13-18(32-2)10-11-22(17)33-3)29-26(35-16)19-7-4-5-8-20(19)28-25(31)23-9-6-12-34-23/h4-5,7-8,10-11,13,23H,6,9,12,14-15H2,1-3H3,(H,27,30)(H,28,31)/t23-/m1/s1. The van der Waals surface area contributed by atoms with Gasteiger partial charge >= 0.3 is 0 Å². The summed E-state index contributed by atoms with van der Waals surface area (Å²) in [6.07, 6.45) is 1.27. The number of benzene rings is 2. The van der Waals surface area contributed by atoms with Gasteiger partial charge in [-0.05, 0) is 50.1 Å². The van der Waals surface area contributed by atoms with Gasteiger partial charge in [-0.3, -0.25) is 9.59 Å². The molecule has 0 aliphatic carbocycles. The highest BCUT2D eigenvalue weighted by molar-refractivity contribution is 5.97. The highest BCUT2D eigenvalue weighted by atomic mass is 16.5. The largest absolute Gasteiger partial charge is 0.497 e. The molecule has 2 amide bonds. The Bertz CT molecular complexity index is 1200. The van der Waals surface area contributed by atoms with Gasteiger partial charge < -0.3 is 29.3 Å². The number of oxazole rings is 1. The van der Waals surface area contributed by atoms with Crippen molar-refractivity contribution in [3.05, 3.63) is 59.5 Å². The van der Waals surface area contributed by atoms with Crippen molar-refractivity contribution in [2.24, 2.45) is 0 Å². The molecule has 1 atom stereocenters. The van der Waals surface area contributed by atoms with Crippen LogP contribution in [0.5, 0.6) is 11.5 Å². The molecule has 1 aromatic heterocycles. The van der Waals surface area contributed by atoms with Gasteiger partial charge in [0.2, 0.25) is 11.8 Å². The Kier molecular flexibility index (Phi) is 7.67. The van der Waals surface area contributed by atoms with Crippen LogP contribution in [-0.4, -0.2) is 43.7 Å². The number of hydrogen-bond donors (Lipinski definition) is 2. The van der Waals surface area contributed by atoms with E-state index < -0.39 is 6.10 Å². The first-order valence-electron chi connectivity index (χ1n) is 11.4. The van der Waals surface area contributed by atoms with Crippen LogP contribution in [0.4, 0.5) is 5.69 Å². The lowest BCUT2D eigenvalue weighted by Crippen LogP contribution is -2.27. The SMILES string of the molecule is COc1ccc(OC)c(CC(=O)NCc2nc(-c3ccccc3NC(=O)[C@H]3CCCO3)oc2C)c1. The minimum Gasteiger partial charge on any atom is -0.497 e. The fourth-order valence-corrected chi connectivity index (χ4v) is 3.92. The van der Waals surface area contributed by atoms with E-state index in [1.54, 1.807) is 45.4 Å². The third kappa shape index (κ3) is 5.81. The molecule has 9 nitrogen and oxygen atoms in total. The average molecular weight is 480 g/mol. The number of amides is 2. The number of anilines is 1. The van der Waals surface area contributed by atoms with Gasteiger partial charge in [0.15, 0.2) is 0 Å². The van der Waals surface area contributed by atoms with Crippen LogP contribution in [0.15, 0.2) is 46.9 Å². The number of nitrogens with one attached hydrogen (secondary N) is 2. The summed E-state index contributed by atoms with van der Waals surface area (Å²) in [4.78, 5) is 29.7. The second-order valence-corrected chi connectivity index (χ2v) is 8.19. The molecule has 1 aliphatic rings. The van der Waals surface area contributed by atoms with Crippen LogP contribution in [0.25, 0.3) is 11.5 Å². The van der Waals surface area contributed by atoms with E-state index in [0.29, 0.717) is 53.1 Å². The van der Waals surface area contributed by atoms with Crippen LogP contribution in [-0.2, 0) is 27.3 Å². The molecule has 2 aromatic carbocycles. The first-order chi connectivity index (χ1) is 17.0. The molecule has 0 bridgehead atoms. The van der Waals surface area contributed by atoms with Crippen LogP contribution < -0.4 is 20.1 Å². The lowest BCUT2D eigenvalue weighted by atomic mass is 10.1. The van der Waals surface area contributed by atoms with Gasteiger partial charge in [0.05, 0.1) is 38.4 Å². The van der Waals surface area contributed by atoms with Gasteiger partial charge in [0.1, 0.15) is 29.1 Å². The highest BCUT2D eigenvalue weighted by Crippen LogP contribution is 2.30. The van der Waals surface area contributed by atoms with E-state index in [2.05, 4.69) is 15.6 Å². The van der Waals surface area contributed by atoms with E-state index in [-0.39, 0.29) is 24.8 Å². The van der Waals surface area contributed by atoms with Gasteiger partial charge in [0.25, 0.3) is 5.91 Å². The number of methoxy groups -OCH3 is 2. The summed E-state index contributed by atoms with van der Waals surface area (Å²) in [5.41, 5.74) is 2.57. The van der Waals surface area contributed by atoms with E-state index in [4.69, 9.17) is 18.6 Å². The molecule has 9 heteroatoms. The summed E-state index contributed by atoms with van der Waals surface area (Å²) in [6.45, 7) is 2.58. The maximum Gasteiger partial charge on any atom is 0.253 e. The van der Waals surface area contributed by atoms with Gasteiger partial charge in [-0.1, -0.05) is 12.1 Å². The van der Waals surface area contributed by atoms with E-state index in [1.165, 1.54) is 0 Å². The van der Waals surface area contributed by atoms with Crippen molar-refractivity contribution >= 4 is 17.5 Å². The summed E-state index contributed by atoms with van der Waals surface area (Å²) in [7, 11) is 3.13. The van der Waals surface area contributed by atoms with Crippen molar-refractivity contribution in [2.45, 2.75) is 38.8 Å². The molecule has 0 radical (unpaired) electrons. The molecule has 0 spiro atoms. The summed E-state index contributed by atoms with van der Waals surface area (Å²) in [5.74, 6) is 1.84. The van der Waals surface area contributed by atoms with Crippen molar-refractivity contribution in [2.75, 3.05) is 26.1 Å². The highest BCUT2D eigenvalue weighted by Gasteiger charge is 2.25. The Hall–Kier alpha value is -3.85. The van der Waals surface area contributed by atoms with Crippen LogP contribution in [0.3, 0.4) is 0 Å². The van der Waals surface area contributed by atoms with Gasteiger partial charge in [-0.2, -0.15) is 0 Å². The Morgan fingerprint density at radius 2 is 1.97 bits per heavy atom. The number of carbonyl (C=O) groups is 2. The summed E-state index contributed by atoms with van der Waals surface area (Å²) < 4.78 is 22.0. The number of ether oxygens (including phenoxy) is 3. The van der Waals surface area contributed by atoms with Crippen molar-refractivity contribution in [1.82, 2.24) is 10.3 Å². The average Bonchev–Trinajstić information content (AvgIpc) is 3.53. The molecular weight excluding hydrogens is 450 g/mol. The van der Waals surface area contributed by atoms with Crippen molar-refractivity contribution in [3.8, 4) is 23.0 Å². The van der Waals surface area contributed by atoms with Crippen LogP contribution in [0, 0.1) is 6.92 Å². The van der Waals surface area contributed by atoms with Crippen molar-refractivity contribution in [3.63, 3.8) is 0 Å². The van der Waals surface area contributed by atoms with E-state index in [0.717, 1.165) is 12.0 Å². The second-order valence-electron chi connectivity index (χ2n) is 8.19. The minimum atomic E-state index is -0.441. The van der Waals surface area contributed by atoms with Crippen LogP contribution in [0.1, 0.15) is 29.9 Å². The smallest absolute Gasteiger partial charge is 0.253 e. The molecule has 35 heavy (non-hydrogen) atoms. The number of aryl methyl sites for hydroxylation is 1. The zero-order chi connectivity index (χ0) is 24.8. The predicted molar refractivity (Wildman–Crippen MR) is 129 cm³/mol. The maximum absolute atomic E-state index is 12.6. The number of aromatic nitrogens is 1. The monoisotopic (exact) mass is 479 g/mol. The third-order valence-corrected chi connectivity index (χ3v) is 5.82. The molecule has 4 rings (SSSR count). The van der Waals surface area contributed by atoms with Gasteiger partial charge in [-0.25, -0.2) is 4.98 Å². The Labute approximate surface area is 203 Å². The molecule has 3 aromatic rings. The first-order valence-corrected chi connectivity index (χ1v) is 11.4. The summed E-state index contributed by atoms with van der Waals surface area (Å²) in [6, 6.07) is 12.6. The fraction of sp³-hybridized carbons (Fsp3) is 0.346. The molecule has 1 aliphatic heterocycles. The lowest BCUT2D eigenvalue weighted by Gasteiger charge is -2.12. The first kappa shape index (κ1) is 24.3. The van der Waals surface area contributed by atoms with Crippen molar-refractivity contribution in [1.29, 1.82) is 0 Å². The Morgan fingerprint density at radius 3 is 2.71 bits per heavy atom.